The first-order valence-corrected chi connectivity index (χ1v) is 11.0. The number of rotatable bonds is 3. The van der Waals surface area contributed by atoms with E-state index in [9.17, 15) is 9.18 Å². The highest BCUT2D eigenvalue weighted by atomic mass is 32.2. The third-order valence-corrected chi connectivity index (χ3v) is 6.37. The van der Waals surface area contributed by atoms with E-state index in [1.54, 1.807) is 24.0 Å². The lowest BCUT2D eigenvalue weighted by Crippen LogP contribution is -2.61. The minimum Gasteiger partial charge on any atom is -0.444 e. The summed E-state index contributed by atoms with van der Waals surface area (Å²) in [6, 6.07) is 3.58. The van der Waals surface area contributed by atoms with Gasteiger partial charge in [-0.3, -0.25) is 15.6 Å². The van der Waals surface area contributed by atoms with Crippen molar-refractivity contribution < 1.29 is 13.9 Å². The van der Waals surface area contributed by atoms with Crippen LogP contribution in [0, 0.1) is 11.7 Å². The number of thioether (sulfide) groups is 1. The fourth-order valence-electron chi connectivity index (χ4n) is 3.93. The van der Waals surface area contributed by atoms with Gasteiger partial charge in [0.2, 0.25) is 5.95 Å². The Morgan fingerprint density at radius 3 is 2.81 bits per heavy atom. The number of nitrogens with zero attached hydrogens (tertiary/aromatic N) is 4. The number of fused-ring (bicyclic) bond motifs is 1. The van der Waals surface area contributed by atoms with Crippen LogP contribution in [0.15, 0.2) is 30.7 Å². The predicted octanol–water partition coefficient (Wildman–Crippen LogP) is 2.07. The quantitative estimate of drug-likeness (QED) is 0.650. The molecule has 11 heteroatoms. The van der Waals surface area contributed by atoms with Gasteiger partial charge in [0.05, 0.1) is 23.6 Å². The van der Waals surface area contributed by atoms with Crippen LogP contribution < -0.4 is 21.3 Å². The maximum absolute atomic E-state index is 13.3. The van der Waals surface area contributed by atoms with Gasteiger partial charge in [0.25, 0.3) is 0 Å². The molecule has 0 aromatic carbocycles. The molecule has 1 amide bonds. The van der Waals surface area contributed by atoms with E-state index in [2.05, 4.69) is 25.6 Å². The highest BCUT2D eigenvalue weighted by molar-refractivity contribution is 7.99. The molecule has 4 rings (SSSR count). The SMILES string of the molecule is CC(C)(C)OC(=O)NC1NC2(c3cc(N)ccn3)CN(c3ncc(F)cn3)CC2CS1. The van der Waals surface area contributed by atoms with Crippen molar-refractivity contribution in [2.24, 2.45) is 5.92 Å². The second-order valence-electron chi connectivity index (χ2n) is 8.73. The van der Waals surface area contributed by atoms with Crippen LogP contribution in [0.1, 0.15) is 26.5 Å². The second-order valence-corrected chi connectivity index (χ2v) is 9.87. The molecule has 2 aromatic rings. The predicted molar refractivity (Wildman–Crippen MR) is 117 cm³/mol. The van der Waals surface area contributed by atoms with Crippen molar-refractivity contribution in [3.8, 4) is 0 Å². The molecule has 0 radical (unpaired) electrons. The number of nitrogen functional groups attached to an aromatic ring is 1. The molecular formula is C20H26FN7O2S. The van der Waals surface area contributed by atoms with E-state index >= 15 is 0 Å². The average Bonchev–Trinajstić information content (AvgIpc) is 3.07. The summed E-state index contributed by atoms with van der Waals surface area (Å²) in [6.07, 6.45) is 3.49. The van der Waals surface area contributed by atoms with Gasteiger partial charge in [-0.25, -0.2) is 19.2 Å². The summed E-state index contributed by atoms with van der Waals surface area (Å²) in [4.78, 5) is 27.2. The van der Waals surface area contributed by atoms with E-state index in [0.29, 0.717) is 24.7 Å². The Labute approximate surface area is 184 Å². The monoisotopic (exact) mass is 447 g/mol. The number of aromatic nitrogens is 3. The van der Waals surface area contributed by atoms with E-state index in [1.165, 1.54) is 0 Å². The molecule has 4 N–H and O–H groups in total. The van der Waals surface area contributed by atoms with Crippen molar-refractivity contribution in [1.29, 1.82) is 0 Å². The normalized spacial score (nSPS) is 25.7. The van der Waals surface area contributed by atoms with Crippen LogP contribution in [0.25, 0.3) is 0 Å². The molecule has 2 fully saturated rings. The smallest absolute Gasteiger partial charge is 0.409 e. The largest absolute Gasteiger partial charge is 0.444 e. The molecule has 0 bridgehead atoms. The molecule has 31 heavy (non-hydrogen) atoms. The summed E-state index contributed by atoms with van der Waals surface area (Å²) in [5.74, 6) is 0.851. The Kier molecular flexibility index (Phi) is 5.65. The molecular weight excluding hydrogens is 421 g/mol. The number of amides is 1. The summed E-state index contributed by atoms with van der Waals surface area (Å²) in [6.45, 7) is 6.60. The number of carbonyl (C=O) groups excluding carboxylic acids is 1. The van der Waals surface area contributed by atoms with Crippen molar-refractivity contribution in [2.75, 3.05) is 29.5 Å². The van der Waals surface area contributed by atoms with E-state index < -0.39 is 23.1 Å². The van der Waals surface area contributed by atoms with Crippen LogP contribution in [0.3, 0.4) is 0 Å². The van der Waals surface area contributed by atoms with Gasteiger partial charge in [0.15, 0.2) is 5.82 Å². The average molecular weight is 448 g/mol. The summed E-state index contributed by atoms with van der Waals surface area (Å²) in [5.41, 5.74) is 5.85. The highest BCUT2D eigenvalue weighted by Crippen LogP contribution is 2.43. The molecule has 9 nitrogen and oxygen atoms in total. The Bertz CT molecular complexity index is 955. The third-order valence-electron chi connectivity index (χ3n) is 5.21. The van der Waals surface area contributed by atoms with Crippen molar-refractivity contribution in [2.45, 2.75) is 37.4 Å². The molecule has 2 saturated heterocycles. The summed E-state index contributed by atoms with van der Waals surface area (Å²) in [7, 11) is 0. The molecule has 2 aromatic heterocycles. The second kappa shape index (κ2) is 8.12. The van der Waals surface area contributed by atoms with E-state index in [0.717, 1.165) is 23.8 Å². The van der Waals surface area contributed by atoms with Crippen molar-refractivity contribution in [1.82, 2.24) is 25.6 Å². The van der Waals surface area contributed by atoms with E-state index in [4.69, 9.17) is 10.5 Å². The topological polar surface area (TPSA) is 118 Å². The number of hydrogen-bond donors (Lipinski definition) is 3. The first kappa shape index (κ1) is 21.6. The van der Waals surface area contributed by atoms with Crippen LogP contribution in [-0.4, -0.2) is 51.0 Å². The minimum atomic E-state index is -0.599. The zero-order valence-corrected chi connectivity index (χ0v) is 18.4. The number of anilines is 2. The molecule has 0 spiro atoms. The van der Waals surface area contributed by atoms with Crippen LogP contribution in [0.4, 0.5) is 20.8 Å². The highest BCUT2D eigenvalue weighted by Gasteiger charge is 2.53. The van der Waals surface area contributed by atoms with Crippen molar-refractivity contribution in [3.63, 3.8) is 0 Å². The standard InChI is InChI=1S/C20H26FN7O2S/c1-19(2,3)30-18(29)26-17-27-20(15-6-14(22)4-5-23-15)11-28(9-12(20)10-31-17)16-24-7-13(21)8-25-16/h4-8,12,17,27H,9-11H2,1-3H3,(H2,22,23)(H,26,29). The summed E-state index contributed by atoms with van der Waals surface area (Å²) < 4.78 is 18.7. The zero-order chi connectivity index (χ0) is 22.2. The van der Waals surface area contributed by atoms with Gasteiger partial charge in [-0.05, 0) is 32.9 Å². The number of alkyl carbamates (subject to hydrolysis) is 1. The van der Waals surface area contributed by atoms with Crippen LogP contribution in [0.5, 0.6) is 0 Å². The van der Waals surface area contributed by atoms with Crippen molar-refractivity contribution >= 4 is 29.5 Å². The Hall–Kier alpha value is -2.66. The van der Waals surface area contributed by atoms with Crippen LogP contribution in [0.2, 0.25) is 0 Å². The van der Waals surface area contributed by atoms with Crippen LogP contribution >= 0.6 is 11.8 Å². The molecule has 4 heterocycles. The van der Waals surface area contributed by atoms with Gasteiger partial charge in [-0.2, -0.15) is 0 Å². The number of ether oxygens (including phenoxy) is 1. The number of halogens is 1. The van der Waals surface area contributed by atoms with E-state index in [-0.39, 0.29) is 11.4 Å². The Morgan fingerprint density at radius 1 is 1.39 bits per heavy atom. The fourth-order valence-corrected chi connectivity index (χ4v) is 5.22. The summed E-state index contributed by atoms with van der Waals surface area (Å²) >= 11 is 1.58. The Balaban J connectivity index is 1.61. The molecule has 0 aliphatic carbocycles. The number of hydrogen-bond acceptors (Lipinski definition) is 9. The number of carbonyl (C=O) groups is 1. The first-order valence-electron chi connectivity index (χ1n) is 9.98. The Morgan fingerprint density at radius 2 is 2.13 bits per heavy atom. The molecule has 3 unspecified atom stereocenters. The molecule has 166 valence electrons. The van der Waals surface area contributed by atoms with E-state index in [1.807, 2.05) is 31.7 Å². The fraction of sp³-hybridized carbons (Fsp3) is 0.500. The van der Waals surface area contributed by atoms with Gasteiger partial charge >= 0.3 is 6.09 Å². The number of nitrogens with one attached hydrogen (secondary N) is 2. The zero-order valence-electron chi connectivity index (χ0n) is 17.6. The van der Waals surface area contributed by atoms with Gasteiger partial charge < -0.3 is 15.4 Å². The lowest BCUT2D eigenvalue weighted by molar-refractivity contribution is 0.0503. The summed E-state index contributed by atoms with van der Waals surface area (Å²) in [5, 5.41) is 6.45. The van der Waals surface area contributed by atoms with Gasteiger partial charge in [-0.1, -0.05) is 0 Å². The van der Waals surface area contributed by atoms with Crippen LogP contribution in [-0.2, 0) is 10.3 Å². The maximum atomic E-state index is 13.3. The number of pyridine rings is 1. The molecule has 2 aliphatic rings. The number of nitrogens with two attached hydrogens (primary N) is 1. The molecule has 3 atom stereocenters. The molecule has 0 saturated carbocycles. The first-order chi connectivity index (χ1) is 14.6. The van der Waals surface area contributed by atoms with Crippen molar-refractivity contribution in [3.05, 3.63) is 42.2 Å². The van der Waals surface area contributed by atoms with Gasteiger partial charge in [0.1, 0.15) is 11.1 Å². The van der Waals surface area contributed by atoms with Gasteiger partial charge in [-0.15, -0.1) is 11.8 Å². The molecule has 2 aliphatic heterocycles. The lowest BCUT2D eigenvalue weighted by atomic mass is 9.84. The lowest BCUT2D eigenvalue weighted by Gasteiger charge is -2.42. The maximum Gasteiger partial charge on any atom is 0.409 e. The van der Waals surface area contributed by atoms with Gasteiger partial charge in [0, 0.05) is 36.6 Å². The third kappa shape index (κ3) is 4.67. The minimum absolute atomic E-state index is 0.136.